The van der Waals surface area contributed by atoms with Crippen LogP contribution < -0.4 is 5.32 Å². The Morgan fingerprint density at radius 2 is 2.21 bits per heavy atom. The highest BCUT2D eigenvalue weighted by molar-refractivity contribution is 7.10. The monoisotopic (exact) mass is 277 g/mol. The number of nitrogens with one attached hydrogen (secondary N) is 1. The van der Waals surface area contributed by atoms with Gasteiger partial charge in [-0.15, -0.1) is 16.4 Å². The van der Waals surface area contributed by atoms with E-state index < -0.39 is 5.97 Å². The summed E-state index contributed by atoms with van der Waals surface area (Å²) in [4.78, 5) is 12.3. The van der Waals surface area contributed by atoms with Crippen molar-refractivity contribution in [3.05, 3.63) is 40.2 Å². The fraction of sp³-hybridized carbons (Fsp3) is 0.308. The maximum Gasteiger partial charge on any atom is 0.339 e. The second-order valence-electron chi connectivity index (χ2n) is 4.48. The molecule has 2 N–H and O–H groups in total. The zero-order valence-corrected chi connectivity index (χ0v) is 11.5. The van der Waals surface area contributed by atoms with Gasteiger partial charge in [0.15, 0.2) is 5.82 Å². The number of hydrogen-bond acceptors (Lipinski definition) is 5. The molecule has 0 aromatic carbocycles. The Balaban J connectivity index is 2.30. The van der Waals surface area contributed by atoms with Crippen LogP contribution >= 0.6 is 11.3 Å². The lowest BCUT2D eigenvalue weighted by Crippen LogP contribution is -2.19. The predicted octanol–water partition coefficient (Wildman–Crippen LogP) is 3.05. The molecule has 0 aliphatic carbocycles. The van der Waals surface area contributed by atoms with E-state index in [9.17, 15) is 4.79 Å². The Morgan fingerprint density at radius 1 is 1.42 bits per heavy atom. The highest BCUT2D eigenvalue weighted by atomic mass is 32.1. The molecule has 0 amide bonds. The third kappa shape index (κ3) is 3.08. The minimum atomic E-state index is -1.01. The van der Waals surface area contributed by atoms with Crippen LogP contribution in [0.3, 0.4) is 0 Å². The number of thiophene rings is 1. The summed E-state index contributed by atoms with van der Waals surface area (Å²) < 4.78 is 0. The van der Waals surface area contributed by atoms with Crippen molar-refractivity contribution in [3.63, 3.8) is 0 Å². The Morgan fingerprint density at radius 3 is 2.79 bits per heavy atom. The van der Waals surface area contributed by atoms with Crippen molar-refractivity contribution in [2.24, 2.45) is 5.92 Å². The average Bonchev–Trinajstić information content (AvgIpc) is 2.89. The lowest BCUT2D eigenvalue weighted by atomic mass is 10.0. The minimum absolute atomic E-state index is 0.0230. The molecular weight excluding hydrogens is 262 g/mol. The van der Waals surface area contributed by atoms with Crippen LogP contribution in [0.5, 0.6) is 0 Å². The zero-order valence-electron chi connectivity index (χ0n) is 10.7. The first-order valence-corrected chi connectivity index (χ1v) is 6.82. The van der Waals surface area contributed by atoms with Crippen LogP contribution in [0.1, 0.15) is 35.1 Å². The number of rotatable bonds is 5. The Bertz CT molecular complexity index is 555. The number of hydrogen-bond donors (Lipinski definition) is 2. The molecule has 1 unspecified atom stereocenters. The third-order valence-corrected chi connectivity index (χ3v) is 3.72. The summed E-state index contributed by atoms with van der Waals surface area (Å²) in [6.45, 7) is 4.16. The molecule has 0 fully saturated rings. The molecule has 5 nitrogen and oxygen atoms in total. The van der Waals surface area contributed by atoms with E-state index in [4.69, 9.17) is 5.11 Å². The van der Waals surface area contributed by atoms with E-state index in [2.05, 4.69) is 29.4 Å². The Kier molecular flexibility index (Phi) is 4.11. The molecule has 6 heteroatoms. The molecule has 0 spiro atoms. The summed E-state index contributed by atoms with van der Waals surface area (Å²) >= 11 is 1.63. The molecule has 0 radical (unpaired) electrons. The van der Waals surface area contributed by atoms with E-state index in [0.29, 0.717) is 11.7 Å². The largest absolute Gasteiger partial charge is 0.478 e. The van der Waals surface area contributed by atoms with Crippen molar-refractivity contribution < 1.29 is 9.90 Å². The molecule has 1 atom stereocenters. The van der Waals surface area contributed by atoms with Gasteiger partial charge in [-0.05, 0) is 23.4 Å². The quantitative estimate of drug-likeness (QED) is 0.878. The van der Waals surface area contributed by atoms with Crippen molar-refractivity contribution in [2.75, 3.05) is 5.32 Å². The van der Waals surface area contributed by atoms with Crippen LogP contribution in [0.15, 0.2) is 29.8 Å². The van der Waals surface area contributed by atoms with E-state index in [1.807, 2.05) is 17.5 Å². The Hall–Kier alpha value is -1.95. The van der Waals surface area contributed by atoms with Gasteiger partial charge in [0.1, 0.15) is 5.56 Å². The van der Waals surface area contributed by atoms with Gasteiger partial charge < -0.3 is 10.4 Å². The van der Waals surface area contributed by atoms with Crippen LogP contribution in [0.4, 0.5) is 5.82 Å². The summed E-state index contributed by atoms with van der Waals surface area (Å²) in [7, 11) is 0. The van der Waals surface area contributed by atoms with Crippen molar-refractivity contribution >= 4 is 23.1 Å². The van der Waals surface area contributed by atoms with Crippen molar-refractivity contribution in [1.82, 2.24) is 10.2 Å². The first-order valence-electron chi connectivity index (χ1n) is 5.94. The number of aromatic nitrogens is 2. The number of carboxylic acid groups (broad SMARTS) is 1. The summed E-state index contributed by atoms with van der Waals surface area (Å²) in [5.74, 6) is -0.393. The number of carboxylic acids is 1. The van der Waals surface area contributed by atoms with E-state index in [0.717, 1.165) is 4.88 Å². The fourth-order valence-electron chi connectivity index (χ4n) is 1.79. The van der Waals surface area contributed by atoms with Gasteiger partial charge in [-0.25, -0.2) is 4.79 Å². The van der Waals surface area contributed by atoms with E-state index >= 15 is 0 Å². The molecule has 0 aliphatic heterocycles. The van der Waals surface area contributed by atoms with Gasteiger partial charge in [-0.2, -0.15) is 5.10 Å². The van der Waals surface area contributed by atoms with Crippen molar-refractivity contribution in [1.29, 1.82) is 0 Å². The highest BCUT2D eigenvalue weighted by Gasteiger charge is 2.20. The number of anilines is 1. The third-order valence-electron chi connectivity index (χ3n) is 2.76. The Labute approximate surface area is 115 Å². The molecule has 19 heavy (non-hydrogen) atoms. The lowest BCUT2D eigenvalue weighted by Gasteiger charge is -2.22. The molecule has 2 rings (SSSR count). The highest BCUT2D eigenvalue weighted by Crippen LogP contribution is 2.29. The molecule has 2 heterocycles. The number of aromatic carboxylic acids is 1. The van der Waals surface area contributed by atoms with Gasteiger partial charge in [-0.3, -0.25) is 0 Å². The van der Waals surface area contributed by atoms with Gasteiger partial charge in [0.2, 0.25) is 0 Å². The molecule has 100 valence electrons. The fourth-order valence-corrected chi connectivity index (χ4v) is 2.74. The maximum atomic E-state index is 11.2. The van der Waals surface area contributed by atoms with Gasteiger partial charge in [-0.1, -0.05) is 19.9 Å². The van der Waals surface area contributed by atoms with Crippen molar-refractivity contribution in [2.45, 2.75) is 19.9 Å². The number of nitrogens with zero attached hydrogens (tertiary/aromatic N) is 2. The molecule has 2 aromatic rings. The zero-order chi connectivity index (χ0) is 13.8. The van der Waals surface area contributed by atoms with E-state index in [1.165, 1.54) is 12.3 Å². The summed E-state index contributed by atoms with van der Waals surface area (Å²) in [6, 6.07) is 5.48. The molecule has 0 saturated carbocycles. The second kappa shape index (κ2) is 5.79. The SMILES string of the molecule is CC(C)C(Nc1nnccc1C(=O)O)c1cccs1. The predicted molar refractivity (Wildman–Crippen MR) is 74.5 cm³/mol. The topological polar surface area (TPSA) is 75.1 Å². The molecule has 0 bridgehead atoms. The van der Waals surface area contributed by atoms with Gasteiger partial charge >= 0.3 is 5.97 Å². The van der Waals surface area contributed by atoms with Gasteiger partial charge in [0.25, 0.3) is 0 Å². The van der Waals surface area contributed by atoms with E-state index in [1.54, 1.807) is 11.3 Å². The van der Waals surface area contributed by atoms with Crippen LogP contribution in [0.25, 0.3) is 0 Å². The van der Waals surface area contributed by atoms with E-state index in [-0.39, 0.29) is 11.6 Å². The van der Waals surface area contributed by atoms with Crippen LogP contribution in [-0.2, 0) is 0 Å². The van der Waals surface area contributed by atoms with Crippen molar-refractivity contribution in [3.8, 4) is 0 Å². The summed E-state index contributed by atoms with van der Waals surface area (Å²) in [5, 5.41) is 22.0. The van der Waals surface area contributed by atoms with Crippen LogP contribution in [-0.4, -0.2) is 21.3 Å². The smallest absolute Gasteiger partial charge is 0.339 e. The second-order valence-corrected chi connectivity index (χ2v) is 5.46. The molecule has 0 saturated heterocycles. The molecule has 0 aliphatic rings. The average molecular weight is 277 g/mol. The molecule has 2 aromatic heterocycles. The maximum absolute atomic E-state index is 11.2. The first kappa shape index (κ1) is 13.5. The van der Waals surface area contributed by atoms with Crippen LogP contribution in [0.2, 0.25) is 0 Å². The summed E-state index contributed by atoms with van der Waals surface area (Å²) in [6.07, 6.45) is 1.38. The molecular formula is C13H15N3O2S. The summed E-state index contributed by atoms with van der Waals surface area (Å²) in [5.41, 5.74) is 0.136. The standard InChI is InChI=1S/C13H15N3O2S/c1-8(2)11(10-4-3-7-19-10)15-12-9(13(17)18)5-6-14-16-12/h3-8,11H,1-2H3,(H,15,16)(H,17,18). The van der Waals surface area contributed by atoms with Crippen LogP contribution in [0, 0.1) is 5.92 Å². The van der Waals surface area contributed by atoms with Gasteiger partial charge in [0.05, 0.1) is 12.2 Å². The normalized spacial score (nSPS) is 12.4. The number of carbonyl (C=O) groups is 1. The van der Waals surface area contributed by atoms with Gasteiger partial charge in [0, 0.05) is 4.88 Å². The minimum Gasteiger partial charge on any atom is -0.478 e. The lowest BCUT2D eigenvalue weighted by molar-refractivity contribution is 0.0697. The first-order chi connectivity index (χ1) is 9.09.